The molecule has 0 bridgehead atoms. The van der Waals surface area contributed by atoms with Crippen LogP contribution in [-0.2, 0) is 14.3 Å². The van der Waals surface area contributed by atoms with Gasteiger partial charge in [0.2, 0.25) is 5.91 Å². The summed E-state index contributed by atoms with van der Waals surface area (Å²) in [6.45, 7) is 8.90. The molecule has 0 aromatic carbocycles. The summed E-state index contributed by atoms with van der Waals surface area (Å²) in [4.78, 5) is 24.6. The molecule has 5 heteroatoms. The second kappa shape index (κ2) is 8.04. The third-order valence-electron chi connectivity index (χ3n) is 3.66. The summed E-state index contributed by atoms with van der Waals surface area (Å²) in [5.74, 6) is -1.00. The summed E-state index contributed by atoms with van der Waals surface area (Å²) in [5, 5.41) is 8.92. The van der Waals surface area contributed by atoms with E-state index < -0.39 is 5.97 Å². The number of likely N-dealkylation sites (N-methyl/N-ethyl adjacent to an activating group) is 1. The molecule has 1 N–H and O–H groups in total. The minimum atomic E-state index is -0.724. The first-order valence-corrected chi connectivity index (χ1v) is 7.20. The Labute approximate surface area is 120 Å². The first-order chi connectivity index (χ1) is 9.43. The molecule has 1 amide bonds. The van der Waals surface area contributed by atoms with E-state index in [-0.39, 0.29) is 24.5 Å². The molecule has 0 aliphatic heterocycles. The summed E-state index contributed by atoms with van der Waals surface area (Å²) in [6.07, 6.45) is 2.72. The first kappa shape index (κ1) is 16.7. The average Bonchev–Trinajstić information content (AvgIpc) is 2.42. The Morgan fingerprint density at radius 3 is 2.35 bits per heavy atom. The number of carboxylic acid groups (broad SMARTS) is 1. The van der Waals surface area contributed by atoms with Crippen LogP contribution in [0, 0.1) is 5.92 Å². The molecule has 5 nitrogen and oxygen atoms in total. The Kier molecular flexibility index (Phi) is 6.71. The van der Waals surface area contributed by atoms with Crippen molar-refractivity contribution in [3.8, 4) is 0 Å². The van der Waals surface area contributed by atoms with Gasteiger partial charge in [-0.2, -0.15) is 0 Å². The van der Waals surface area contributed by atoms with Gasteiger partial charge in [0, 0.05) is 13.1 Å². The predicted molar refractivity (Wildman–Crippen MR) is 76.4 cm³/mol. The molecular formula is C15H25NO4. The van der Waals surface area contributed by atoms with Crippen LogP contribution in [0.1, 0.15) is 39.5 Å². The lowest BCUT2D eigenvalue weighted by atomic mass is 9.87. The number of rotatable bonds is 7. The predicted octanol–water partition coefficient (Wildman–Crippen LogP) is 2.07. The van der Waals surface area contributed by atoms with Crippen LogP contribution >= 0.6 is 0 Å². The molecule has 0 unspecified atom stereocenters. The van der Waals surface area contributed by atoms with Crippen LogP contribution in [0.15, 0.2) is 12.2 Å². The number of ether oxygens (including phenoxy) is 1. The van der Waals surface area contributed by atoms with Gasteiger partial charge in [-0.15, -0.1) is 0 Å². The van der Waals surface area contributed by atoms with Gasteiger partial charge in [0.25, 0.3) is 0 Å². The number of hydrogen-bond donors (Lipinski definition) is 1. The number of carboxylic acids is 1. The quantitative estimate of drug-likeness (QED) is 0.726. The van der Waals surface area contributed by atoms with Crippen LogP contribution < -0.4 is 0 Å². The SMILES string of the molecule is C=C(C)CN(CC)C(=O)COC1CCC(C(=O)O)CC1. The van der Waals surface area contributed by atoms with Crippen molar-refractivity contribution >= 4 is 11.9 Å². The number of hydrogen-bond acceptors (Lipinski definition) is 3. The molecule has 0 aromatic rings. The van der Waals surface area contributed by atoms with Gasteiger partial charge in [-0.25, -0.2) is 0 Å². The normalized spacial score (nSPS) is 22.3. The van der Waals surface area contributed by atoms with Gasteiger partial charge in [0.15, 0.2) is 0 Å². The van der Waals surface area contributed by atoms with Gasteiger partial charge in [-0.3, -0.25) is 9.59 Å². The molecule has 1 saturated carbocycles. The number of amides is 1. The standard InChI is InChI=1S/C15H25NO4/c1-4-16(9-11(2)3)14(17)10-20-13-7-5-12(6-8-13)15(18)19/h12-13H,2,4-10H2,1,3H3,(H,18,19). The van der Waals surface area contributed by atoms with Crippen LogP contribution in [0.4, 0.5) is 0 Å². The van der Waals surface area contributed by atoms with Crippen molar-refractivity contribution in [1.29, 1.82) is 0 Å². The largest absolute Gasteiger partial charge is 0.481 e. The first-order valence-electron chi connectivity index (χ1n) is 7.20. The highest BCUT2D eigenvalue weighted by Crippen LogP contribution is 2.26. The van der Waals surface area contributed by atoms with Gasteiger partial charge < -0.3 is 14.7 Å². The van der Waals surface area contributed by atoms with E-state index in [4.69, 9.17) is 9.84 Å². The minimum absolute atomic E-state index is 0.0121. The monoisotopic (exact) mass is 283 g/mol. The van der Waals surface area contributed by atoms with Crippen LogP contribution in [0.5, 0.6) is 0 Å². The molecule has 0 saturated heterocycles. The molecule has 0 spiro atoms. The van der Waals surface area contributed by atoms with Crippen LogP contribution in [0.2, 0.25) is 0 Å². The van der Waals surface area contributed by atoms with Crippen LogP contribution in [-0.4, -0.2) is 47.7 Å². The molecule has 0 radical (unpaired) electrons. The highest BCUT2D eigenvalue weighted by atomic mass is 16.5. The fraction of sp³-hybridized carbons (Fsp3) is 0.733. The molecule has 0 heterocycles. The smallest absolute Gasteiger partial charge is 0.306 e. The van der Waals surface area contributed by atoms with Crippen molar-refractivity contribution in [3.05, 3.63) is 12.2 Å². The Balaban J connectivity index is 2.31. The van der Waals surface area contributed by atoms with Crippen molar-refractivity contribution < 1.29 is 19.4 Å². The highest BCUT2D eigenvalue weighted by molar-refractivity contribution is 5.77. The van der Waals surface area contributed by atoms with E-state index >= 15 is 0 Å². The maximum Gasteiger partial charge on any atom is 0.306 e. The maximum absolute atomic E-state index is 12.0. The van der Waals surface area contributed by atoms with Crippen molar-refractivity contribution in [2.75, 3.05) is 19.7 Å². The van der Waals surface area contributed by atoms with Crippen molar-refractivity contribution in [2.24, 2.45) is 5.92 Å². The third-order valence-corrected chi connectivity index (χ3v) is 3.66. The minimum Gasteiger partial charge on any atom is -0.481 e. The lowest BCUT2D eigenvalue weighted by Gasteiger charge is -2.27. The highest BCUT2D eigenvalue weighted by Gasteiger charge is 2.27. The summed E-state index contributed by atoms with van der Waals surface area (Å²) in [6, 6.07) is 0. The molecule has 1 rings (SSSR count). The fourth-order valence-corrected chi connectivity index (χ4v) is 2.46. The summed E-state index contributed by atoms with van der Waals surface area (Å²) >= 11 is 0. The average molecular weight is 283 g/mol. The summed E-state index contributed by atoms with van der Waals surface area (Å²) in [7, 11) is 0. The van der Waals surface area contributed by atoms with E-state index in [0.29, 0.717) is 25.9 Å². The molecular weight excluding hydrogens is 258 g/mol. The van der Waals surface area contributed by atoms with Gasteiger partial charge in [0.1, 0.15) is 6.61 Å². The Morgan fingerprint density at radius 2 is 1.90 bits per heavy atom. The van der Waals surface area contributed by atoms with Gasteiger partial charge in [-0.1, -0.05) is 12.2 Å². The topological polar surface area (TPSA) is 66.8 Å². The Bertz CT molecular complexity index is 359. The second-order valence-electron chi connectivity index (χ2n) is 5.49. The zero-order valence-electron chi connectivity index (χ0n) is 12.4. The Morgan fingerprint density at radius 1 is 1.30 bits per heavy atom. The van der Waals surface area contributed by atoms with E-state index in [2.05, 4.69) is 6.58 Å². The van der Waals surface area contributed by atoms with Gasteiger partial charge in [0.05, 0.1) is 12.0 Å². The Hall–Kier alpha value is -1.36. The zero-order valence-corrected chi connectivity index (χ0v) is 12.4. The number of aliphatic carboxylic acids is 1. The zero-order chi connectivity index (χ0) is 15.1. The lowest BCUT2D eigenvalue weighted by molar-refractivity contribution is -0.145. The van der Waals surface area contributed by atoms with E-state index in [1.54, 1.807) is 4.90 Å². The summed E-state index contributed by atoms with van der Waals surface area (Å²) < 4.78 is 5.62. The van der Waals surface area contributed by atoms with E-state index in [1.165, 1.54) is 0 Å². The van der Waals surface area contributed by atoms with E-state index in [0.717, 1.165) is 18.4 Å². The second-order valence-corrected chi connectivity index (χ2v) is 5.49. The molecule has 20 heavy (non-hydrogen) atoms. The lowest BCUT2D eigenvalue weighted by Crippen LogP contribution is -2.37. The van der Waals surface area contributed by atoms with E-state index in [9.17, 15) is 9.59 Å². The van der Waals surface area contributed by atoms with Crippen LogP contribution in [0.25, 0.3) is 0 Å². The van der Waals surface area contributed by atoms with Crippen molar-refractivity contribution in [2.45, 2.75) is 45.6 Å². The molecule has 0 atom stereocenters. The van der Waals surface area contributed by atoms with E-state index in [1.807, 2.05) is 13.8 Å². The van der Waals surface area contributed by atoms with Gasteiger partial charge >= 0.3 is 5.97 Å². The summed E-state index contributed by atoms with van der Waals surface area (Å²) in [5.41, 5.74) is 0.946. The molecule has 1 aliphatic rings. The third kappa shape index (κ3) is 5.33. The maximum atomic E-state index is 12.0. The number of carbonyl (C=O) groups excluding carboxylic acids is 1. The number of carbonyl (C=O) groups is 2. The molecule has 114 valence electrons. The molecule has 1 fully saturated rings. The number of nitrogens with zero attached hydrogens (tertiary/aromatic N) is 1. The van der Waals surface area contributed by atoms with Gasteiger partial charge in [-0.05, 0) is 39.5 Å². The van der Waals surface area contributed by atoms with Crippen LogP contribution in [0.3, 0.4) is 0 Å². The van der Waals surface area contributed by atoms with Crippen molar-refractivity contribution in [3.63, 3.8) is 0 Å². The van der Waals surface area contributed by atoms with Crippen molar-refractivity contribution in [1.82, 2.24) is 4.90 Å². The molecule has 0 aromatic heterocycles. The molecule has 1 aliphatic carbocycles. The fourth-order valence-electron chi connectivity index (χ4n) is 2.46.